The van der Waals surface area contributed by atoms with Gasteiger partial charge in [0.2, 0.25) is 0 Å². The lowest BCUT2D eigenvalue weighted by molar-refractivity contribution is 0.317. The molecule has 0 saturated heterocycles. The molecular weight excluding hydrogens is 216 g/mol. The van der Waals surface area contributed by atoms with Gasteiger partial charge in [-0.05, 0) is 30.8 Å². The summed E-state index contributed by atoms with van der Waals surface area (Å²) in [5, 5.41) is 9.33. The Labute approximate surface area is 100 Å². The molecule has 2 rings (SSSR count). The molecule has 0 saturated carbocycles. The molecule has 0 unspecified atom stereocenters. The molecule has 0 amide bonds. The van der Waals surface area contributed by atoms with Crippen LogP contribution >= 0.6 is 0 Å². The largest absolute Gasteiger partial charge is 0.506 e. The van der Waals surface area contributed by atoms with Crippen LogP contribution in [0.1, 0.15) is 11.1 Å². The Morgan fingerprint density at radius 1 is 1.24 bits per heavy atom. The first-order valence-electron chi connectivity index (χ1n) is 5.42. The maximum Gasteiger partial charge on any atom is 0.138 e. The van der Waals surface area contributed by atoms with E-state index in [1.54, 1.807) is 24.7 Å². The summed E-state index contributed by atoms with van der Waals surface area (Å²) in [4.78, 5) is 2.15. The second-order valence-corrected chi connectivity index (χ2v) is 4.20. The van der Waals surface area contributed by atoms with Crippen LogP contribution in [0.15, 0.2) is 41.2 Å². The van der Waals surface area contributed by atoms with Gasteiger partial charge in [-0.3, -0.25) is 4.90 Å². The summed E-state index contributed by atoms with van der Waals surface area (Å²) in [5.74, 6) is 0.131. The predicted octanol–water partition coefficient (Wildman–Crippen LogP) is 2.20. The van der Waals surface area contributed by atoms with E-state index in [2.05, 4.69) is 4.90 Å². The monoisotopic (exact) mass is 232 g/mol. The van der Waals surface area contributed by atoms with E-state index in [0.29, 0.717) is 5.69 Å². The van der Waals surface area contributed by atoms with Gasteiger partial charge in [-0.25, -0.2) is 0 Å². The highest BCUT2D eigenvalue weighted by molar-refractivity contribution is 5.53. The first kappa shape index (κ1) is 11.5. The van der Waals surface area contributed by atoms with Gasteiger partial charge in [0.15, 0.2) is 0 Å². The normalized spacial score (nSPS) is 10.9. The van der Waals surface area contributed by atoms with E-state index in [0.717, 1.165) is 24.2 Å². The number of furan rings is 1. The van der Waals surface area contributed by atoms with Gasteiger partial charge in [-0.15, -0.1) is 0 Å². The van der Waals surface area contributed by atoms with Crippen molar-refractivity contribution < 1.29 is 9.52 Å². The summed E-state index contributed by atoms with van der Waals surface area (Å²) in [5.41, 5.74) is 8.28. The summed E-state index contributed by atoms with van der Waals surface area (Å²) in [6, 6.07) is 7.23. The summed E-state index contributed by atoms with van der Waals surface area (Å²) >= 11 is 0. The minimum atomic E-state index is 0.131. The number of phenolic OH excluding ortho intramolecular Hbond substituents is 1. The molecule has 0 bridgehead atoms. The number of hydrogen-bond donors (Lipinski definition) is 2. The van der Waals surface area contributed by atoms with E-state index < -0.39 is 0 Å². The average molecular weight is 232 g/mol. The molecule has 17 heavy (non-hydrogen) atoms. The van der Waals surface area contributed by atoms with Crippen LogP contribution in [0.2, 0.25) is 0 Å². The molecule has 0 spiro atoms. The molecule has 3 N–H and O–H groups in total. The molecule has 4 nitrogen and oxygen atoms in total. The fourth-order valence-corrected chi connectivity index (χ4v) is 1.76. The highest BCUT2D eigenvalue weighted by Gasteiger charge is 2.04. The molecule has 90 valence electrons. The second-order valence-electron chi connectivity index (χ2n) is 4.20. The van der Waals surface area contributed by atoms with Gasteiger partial charge in [-0.2, -0.15) is 0 Å². The summed E-state index contributed by atoms with van der Waals surface area (Å²) in [6.07, 6.45) is 3.41. The third-order valence-corrected chi connectivity index (χ3v) is 2.58. The molecule has 1 heterocycles. The third kappa shape index (κ3) is 3.01. The smallest absolute Gasteiger partial charge is 0.138 e. The van der Waals surface area contributed by atoms with Crippen molar-refractivity contribution in [3.05, 3.63) is 47.9 Å². The fraction of sp³-hybridized carbons (Fsp3) is 0.231. The molecule has 0 atom stereocenters. The van der Waals surface area contributed by atoms with E-state index in [1.807, 2.05) is 19.2 Å². The molecule has 0 aliphatic carbocycles. The number of nitrogens with two attached hydrogens (primary N) is 1. The maximum absolute atomic E-state index is 9.33. The van der Waals surface area contributed by atoms with Gasteiger partial charge in [0.25, 0.3) is 0 Å². The topological polar surface area (TPSA) is 62.6 Å². The van der Waals surface area contributed by atoms with Gasteiger partial charge in [0.05, 0.1) is 18.2 Å². The lowest BCUT2D eigenvalue weighted by atomic mass is 10.1. The third-order valence-electron chi connectivity index (χ3n) is 2.58. The number of anilines is 1. The van der Waals surface area contributed by atoms with Gasteiger partial charge in [-0.1, -0.05) is 6.07 Å². The average Bonchev–Trinajstić information content (AvgIpc) is 2.76. The summed E-state index contributed by atoms with van der Waals surface area (Å²) in [6.45, 7) is 1.59. The number of nitrogen functional groups attached to an aromatic ring is 1. The number of rotatable bonds is 4. The van der Waals surface area contributed by atoms with Crippen molar-refractivity contribution in [1.82, 2.24) is 4.90 Å². The molecule has 0 fully saturated rings. The Balaban J connectivity index is 1.98. The van der Waals surface area contributed by atoms with E-state index >= 15 is 0 Å². The number of hydrogen-bond acceptors (Lipinski definition) is 4. The number of nitrogens with zero attached hydrogens (tertiary/aromatic N) is 1. The Hall–Kier alpha value is -1.94. The lowest BCUT2D eigenvalue weighted by Crippen LogP contribution is -2.16. The van der Waals surface area contributed by atoms with Gasteiger partial charge in [0.1, 0.15) is 5.75 Å². The summed E-state index contributed by atoms with van der Waals surface area (Å²) in [7, 11) is 2.02. The van der Waals surface area contributed by atoms with Crippen molar-refractivity contribution in [3.63, 3.8) is 0 Å². The molecule has 0 aliphatic heterocycles. The van der Waals surface area contributed by atoms with Crippen molar-refractivity contribution >= 4 is 5.69 Å². The van der Waals surface area contributed by atoms with Gasteiger partial charge in [0, 0.05) is 18.7 Å². The first-order valence-corrected chi connectivity index (χ1v) is 5.42. The fourth-order valence-electron chi connectivity index (χ4n) is 1.76. The zero-order chi connectivity index (χ0) is 12.3. The Morgan fingerprint density at radius 3 is 2.65 bits per heavy atom. The Bertz CT molecular complexity index is 480. The second kappa shape index (κ2) is 4.93. The quantitative estimate of drug-likeness (QED) is 0.626. The van der Waals surface area contributed by atoms with Gasteiger partial charge < -0.3 is 15.3 Å². The van der Waals surface area contributed by atoms with Crippen molar-refractivity contribution in [2.24, 2.45) is 0 Å². The summed E-state index contributed by atoms with van der Waals surface area (Å²) < 4.78 is 5.02. The van der Waals surface area contributed by atoms with Gasteiger partial charge >= 0.3 is 0 Å². The zero-order valence-corrected chi connectivity index (χ0v) is 9.76. The zero-order valence-electron chi connectivity index (χ0n) is 9.76. The minimum absolute atomic E-state index is 0.131. The van der Waals surface area contributed by atoms with E-state index in [1.165, 1.54) is 0 Å². The Kier molecular flexibility index (Phi) is 3.35. The van der Waals surface area contributed by atoms with Crippen LogP contribution in [0.5, 0.6) is 5.75 Å². The minimum Gasteiger partial charge on any atom is -0.506 e. The van der Waals surface area contributed by atoms with Crippen molar-refractivity contribution in [3.8, 4) is 5.75 Å². The highest BCUT2D eigenvalue weighted by atomic mass is 16.3. The van der Waals surface area contributed by atoms with E-state index in [-0.39, 0.29) is 5.75 Å². The molecule has 1 aromatic carbocycles. The van der Waals surface area contributed by atoms with Crippen LogP contribution in [0.3, 0.4) is 0 Å². The molecule has 1 aromatic heterocycles. The highest BCUT2D eigenvalue weighted by Crippen LogP contribution is 2.21. The Morgan fingerprint density at radius 2 is 2.00 bits per heavy atom. The van der Waals surface area contributed by atoms with Crippen LogP contribution in [-0.4, -0.2) is 17.1 Å². The molecule has 0 radical (unpaired) electrons. The molecule has 2 aromatic rings. The van der Waals surface area contributed by atoms with Crippen LogP contribution < -0.4 is 5.73 Å². The van der Waals surface area contributed by atoms with Crippen LogP contribution in [-0.2, 0) is 13.1 Å². The van der Waals surface area contributed by atoms with Crippen molar-refractivity contribution in [2.45, 2.75) is 13.1 Å². The predicted molar refractivity (Wildman–Crippen MR) is 66.4 cm³/mol. The van der Waals surface area contributed by atoms with Crippen molar-refractivity contribution in [2.75, 3.05) is 12.8 Å². The lowest BCUT2D eigenvalue weighted by Gasteiger charge is -2.16. The standard InChI is InChI=1S/C13H16N2O2/c1-15(8-11-4-5-17-9-11)7-10-2-3-13(16)12(14)6-10/h2-6,9,16H,7-8,14H2,1H3. The molecule has 4 heteroatoms. The first-order chi connectivity index (χ1) is 8.15. The van der Waals surface area contributed by atoms with Crippen LogP contribution in [0.4, 0.5) is 5.69 Å². The SMILES string of the molecule is CN(Cc1ccoc1)Cc1ccc(O)c(N)c1. The van der Waals surface area contributed by atoms with Crippen molar-refractivity contribution in [1.29, 1.82) is 0 Å². The molecule has 0 aliphatic rings. The maximum atomic E-state index is 9.33. The number of phenols is 1. The van der Waals surface area contributed by atoms with Crippen LogP contribution in [0.25, 0.3) is 0 Å². The van der Waals surface area contributed by atoms with Crippen LogP contribution in [0, 0.1) is 0 Å². The van der Waals surface area contributed by atoms with E-state index in [9.17, 15) is 5.11 Å². The molecular formula is C13H16N2O2. The number of aromatic hydroxyl groups is 1. The number of benzene rings is 1. The van der Waals surface area contributed by atoms with E-state index in [4.69, 9.17) is 10.2 Å².